The van der Waals surface area contributed by atoms with Gasteiger partial charge < -0.3 is 9.47 Å². The SMILES string of the molecule is Cc1cccc(C)c1OCC(=O)N/N=C/c1cc(Br)ccc1OC(=O)c1ccc(Br)cc1. The molecule has 32 heavy (non-hydrogen) atoms. The smallest absolute Gasteiger partial charge is 0.343 e. The lowest BCUT2D eigenvalue weighted by atomic mass is 10.1. The van der Waals surface area contributed by atoms with Gasteiger partial charge in [-0.15, -0.1) is 0 Å². The highest BCUT2D eigenvalue weighted by molar-refractivity contribution is 9.10. The number of esters is 1. The summed E-state index contributed by atoms with van der Waals surface area (Å²) < 4.78 is 12.8. The molecule has 3 aromatic rings. The van der Waals surface area contributed by atoms with Crippen LogP contribution in [-0.4, -0.2) is 24.7 Å². The maximum atomic E-state index is 12.4. The molecule has 0 spiro atoms. The summed E-state index contributed by atoms with van der Waals surface area (Å²) in [5.41, 5.74) is 5.25. The van der Waals surface area contributed by atoms with Gasteiger partial charge in [0.25, 0.3) is 5.91 Å². The van der Waals surface area contributed by atoms with Crippen LogP contribution < -0.4 is 14.9 Å². The summed E-state index contributed by atoms with van der Waals surface area (Å²) in [4.78, 5) is 24.6. The zero-order valence-corrected chi connectivity index (χ0v) is 20.6. The summed E-state index contributed by atoms with van der Waals surface area (Å²) in [5, 5.41) is 3.97. The number of halogens is 2. The van der Waals surface area contributed by atoms with Gasteiger partial charge in [-0.2, -0.15) is 5.10 Å². The van der Waals surface area contributed by atoms with E-state index in [1.807, 2.05) is 32.0 Å². The van der Waals surface area contributed by atoms with Gasteiger partial charge in [0.1, 0.15) is 11.5 Å². The first-order valence-electron chi connectivity index (χ1n) is 9.61. The van der Waals surface area contributed by atoms with Crippen molar-refractivity contribution < 1.29 is 19.1 Å². The highest BCUT2D eigenvalue weighted by Gasteiger charge is 2.12. The fraction of sp³-hybridized carbons (Fsp3) is 0.125. The fourth-order valence-corrected chi connectivity index (χ4v) is 3.47. The first kappa shape index (κ1) is 23.7. The number of carbonyl (C=O) groups excluding carboxylic acids is 2. The van der Waals surface area contributed by atoms with Gasteiger partial charge in [-0.25, -0.2) is 10.2 Å². The Morgan fingerprint density at radius 2 is 1.62 bits per heavy atom. The molecule has 0 saturated carbocycles. The average molecular weight is 560 g/mol. The number of nitrogens with one attached hydrogen (secondary N) is 1. The molecule has 0 aliphatic heterocycles. The molecular formula is C24H20Br2N2O4. The Morgan fingerprint density at radius 3 is 2.31 bits per heavy atom. The molecule has 3 aromatic carbocycles. The van der Waals surface area contributed by atoms with Crippen molar-refractivity contribution in [2.24, 2.45) is 5.10 Å². The normalized spacial score (nSPS) is 10.8. The van der Waals surface area contributed by atoms with Crippen LogP contribution in [0.4, 0.5) is 0 Å². The van der Waals surface area contributed by atoms with Crippen LogP contribution in [0.3, 0.4) is 0 Å². The standard InChI is InChI=1S/C24H20Br2N2O4/c1-15-4-3-5-16(2)23(15)31-14-22(29)28-27-13-18-12-20(26)10-11-21(18)32-24(30)17-6-8-19(25)9-7-17/h3-13H,14H2,1-2H3,(H,28,29)/b27-13+. The molecule has 0 radical (unpaired) electrons. The maximum Gasteiger partial charge on any atom is 0.343 e. The van der Waals surface area contributed by atoms with Crippen molar-refractivity contribution in [3.05, 3.63) is 91.9 Å². The minimum absolute atomic E-state index is 0.174. The Labute approximate surface area is 202 Å². The lowest BCUT2D eigenvalue weighted by Crippen LogP contribution is -2.25. The first-order chi connectivity index (χ1) is 15.3. The van der Waals surface area contributed by atoms with Crippen LogP contribution in [-0.2, 0) is 4.79 Å². The summed E-state index contributed by atoms with van der Waals surface area (Å²) in [6.07, 6.45) is 1.41. The van der Waals surface area contributed by atoms with Crippen molar-refractivity contribution in [1.29, 1.82) is 0 Å². The van der Waals surface area contributed by atoms with Crippen LogP contribution in [0.2, 0.25) is 0 Å². The number of carbonyl (C=O) groups is 2. The number of aryl methyl sites for hydroxylation is 2. The van der Waals surface area contributed by atoms with Gasteiger partial charge in [0.2, 0.25) is 0 Å². The molecule has 0 heterocycles. The second kappa shape index (κ2) is 11.1. The number of para-hydroxylation sites is 1. The molecule has 0 aliphatic carbocycles. The Hall–Kier alpha value is -2.97. The number of rotatable bonds is 7. The van der Waals surface area contributed by atoms with E-state index in [-0.39, 0.29) is 6.61 Å². The Morgan fingerprint density at radius 1 is 0.969 bits per heavy atom. The van der Waals surface area contributed by atoms with Gasteiger partial charge in [0.15, 0.2) is 6.61 Å². The van der Waals surface area contributed by atoms with Gasteiger partial charge in [0, 0.05) is 14.5 Å². The van der Waals surface area contributed by atoms with Gasteiger partial charge in [-0.1, -0.05) is 50.1 Å². The second-order valence-electron chi connectivity index (χ2n) is 6.88. The Kier molecular flexibility index (Phi) is 8.19. The van der Waals surface area contributed by atoms with Crippen LogP contribution in [0, 0.1) is 13.8 Å². The van der Waals surface area contributed by atoms with Crippen LogP contribution in [0.5, 0.6) is 11.5 Å². The summed E-state index contributed by atoms with van der Waals surface area (Å²) in [6, 6.07) is 17.7. The second-order valence-corrected chi connectivity index (χ2v) is 8.71. The third kappa shape index (κ3) is 6.51. The number of amides is 1. The molecular weight excluding hydrogens is 540 g/mol. The van der Waals surface area contributed by atoms with Crippen molar-refractivity contribution in [1.82, 2.24) is 5.43 Å². The largest absolute Gasteiger partial charge is 0.483 e. The molecule has 0 aliphatic rings. The first-order valence-corrected chi connectivity index (χ1v) is 11.2. The third-order valence-electron chi connectivity index (χ3n) is 4.40. The van der Waals surface area contributed by atoms with Gasteiger partial charge in [0.05, 0.1) is 11.8 Å². The Bertz CT molecular complexity index is 1140. The molecule has 0 unspecified atom stereocenters. The van der Waals surface area contributed by atoms with E-state index in [0.717, 1.165) is 20.1 Å². The van der Waals surface area contributed by atoms with Crippen molar-refractivity contribution in [3.63, 3.8) is 0 Å². The van der Waals surface area contributed by atoms with E-state index >= 15 is 0 Å². The van der Waals surface area contributed by atoms with Gasteiger partial charge in [-0.3, -0.25) is 4.79 Å². The number of hydrogen-bond donors (Lipinski definition) is 1. The molecule has 1 amide bonds. The predicted octanol–water partition coefficient (Wildman–Crippen LogP) is 5.58. The van der Waals surface area contributed by atoms with E-state index in [1.165, 1.54) is 6.21 Å². The fourth-order valence-electron chi connectivity index (χ4n) is 2.83. The maximum absolute atomic E-state index is 12.4. The van der Waals surface area contributed by atoms with Crippen LogP contribution >= 0.6 is 31.9 Å². The van der Waals surface area contributed by atoms with E-state index < -0.39 is 11.9 Å². The molecule has 0 aromatic heterocycles. The lowest BCUT2D eigenvalue weighted by Gasteiger charge is -2.11. The minimum Gasteiger partial charge on any atom is -0.483 e. The summed E-state index contributed by atoms with van der Waals surface area (Å²) >= 11 is 6.72. The zero-order chi connectivity index (χ0) is 23.1. The molecule has 1 N–H and O–H groups in total. The monoisotopic (exact) mass is 558 g/mol. The molecule has 6 nitrogen and oxygen atoms in total. The number of hydrazone groups is 1. The Balaban J connectivity index is 1.63. The average Bonchev–Trinajstić information content (AvgIpc) is 2.75. The number of nitrogens with zero attached hydrogens (tertiary/aromatic N) is 1. The van der Waals surface area contributed by atoms with E-state index in [4.69, 9.17) is 9.47 Å². The van der Waals surface area contributed by atoms with E-state index in [9.17, 15) is 9.59 Å². The van der Waals surface area contributed by atoms with Crippen LogP contribution in [0.1, 0.15) is 27.0 Å². The number of hydrogen-bond acceptors (Lipinski definition) is 5. The molecule has 0 saturated heterocycles. The highest BCUT2D eigenvalue weighted by Crippen LogP contribution is 2.24. The van der Waals surface area contributed by atoms with Gasteiger partial charge >= 0.3 is 5.97 Å². The van der Waals surface area contributed by atoms with Crippen molar-refractivity contribution in [3.8, 4) is 11.5 Å². The number of ether oxygens (including phenoxy) is 2. The van der Waals surface area contributed by atoms with Crippen molar-refractivity contribution in [2.45, 2.75) is 13.8 Å². The minimum atomic E-state index is -0.500. The summed E-state index contributed by atoms with van der Waals surface area (Å²) in [5.74, 6) is 0.0829. The van der Waals surface area contributed by atoms with E-state index in [0.29, 0.717) is 22.6 Å². The van der Waals surface area contributed by atoms with Crippen LogP contribution in [0.25, 0.3) is 0 Å². The molecule has 164 valence electrons. The predicted molar refractivity (Wildman–Crippen MR) is 130 cm³/mol. The zero-order valence-electron chi connectivity index (χ0n) is 17.4. The molecule has 3 rings (SSSR count). The van der Waals surface area contributed by atoms with Crippen molar-refractivity contribution in [2.75, 3.05) is 6.61 Å². The van der Waals surface area contributed by atoms with E-state index in [2.05, 4.69) is 42.4 Å². The van der Waals surface area contributed by atoms with Crippen LogP contribution in [0.15, 0.2) is 74.7 Å². The quantitative estimate of drug-likeness (QED) is 0.177. The summed E-state index contributed by atoms with van der Waals surface area (Å²) in [6.45, 7) is 3.67. The van der Waals surface area contributed by atoms with E-state index in [1.54, 1.807) is 42.5 Å². The molecule has 0 atom stereocenters. The summed E-state index contributed by atoms with van der Waals surface area (Å²) in [7, 11) is 0. The number of benzene rings is 3. The molecule has 8 heteroatoms. The third-order valence-corrected chi connectivity index (χ3v) is 5.43. The van der Waals surface area contributed by atoms with Crippen molar-refractivity contribution >= 4 is 50.0 Å². The van der Waals surface area contributed by atoms with Gasteiger partial charge in [-0.05, 0) is 67.4 Å². The topological polar surface area (TPSA) is 77.0 Å². The lowest BCUT2D eigenvalue weighted by molar-refractivity contribution is -0.123. The molecule has 0 fully saturated rings. The molecule has 0 bridgehead atoms. The highest BCUT2D eigenvalue weighted by atomic mass is 79.9.